The van der Waals surface area contributed by atoms with Crippen LogP contribution in [0.5, 0.6) is 0 Å². The van der Waals surface area contributed by atoms with Gasteiger partial charge in [-0.1, -0.05) is 20.8 Å². The average Bonchev–Trinajstić information content (AvgIpc) is 2.45. The molecule has 0 aliphatic heterocycles. The summed E-state index contributed by atoms with van der Waals surface area (Å²) in [4.78, 5) is 23.1. The molecule has 1 aliphatic carbocycles. The minimum absolute atomic E-state index is 0.0144. The molecule has 3 N–H and O–H groups in total. The highest BCUT2D eigenvalue weighted by molar-refractivity contribution is 5.78. The molecule has 0 unspecified atom stereocenters. The Morgan fingerprint density at radius 1 is 1.09 bits per heavy atom. The minimum Gasteiger partial charge on any atom is -0.388 e. The summed E-state index contributed by atoms with van der Waals surface area (Å²) in [6.45, 7) is 9.56. The number of carbonyl (C=O) groups is 2. The number of rotatable bonds is 7. The minimum atomic E-state index is -0.767. The lowest BCUT2D eigenvalue weighted by Gasteiger charge is -2.41. The smallest absolute Gasteiger partial charge is 0.220 e. The van der Waals surface area contributed by atoms with Crippen LogP contribution in [-0.4, -0.2) is 35.6 Å². The average molecular weight is 326 g/mol. The highest BCUT2D eigenvalue weighted by atomic mass is 16.3. The highest BCUT2D eigenvalue weighted by Gasteiger charge is 2.37. The van der Waals surface area contributed by atoms with E-state index < -0.39 is 5.60 Å². The largest absolute Gasteiger partial charge is 0.388 e. The maximum atomic E-state index is 11.8. The van der Waals surface area contributed by atoms with Gasteiger partial charge in [-0.2, -0.15) is 0 Å². The molecule has 0 aromatic rings. The number of amides is 2. The number of hydrogen-bond donors (Lipinski definition) is 3. The Morgan fingerprint density at radius 3 is 2.09 bits per heavy atom. The molecule has 1 saturated carbocycles. The zero-order chi connectivity index (χ0) is 17.5. The topological polar surface area (TPSA) is 78.4 Å². The maximum Gasteiger partial charge on any atom is 0.220 e. The standard InChI is InChI=1S/C18H34N2O3/c1-5-19-15(21)7-6-8-16(22)20-13-18(23)11-9-14(10-12-18)17(2,3)4/h14,23H,5-13H2,1-4H3,(H,19,21)(H,20,22). The number of carbonyl (C=O) groups excluding carboxylic acids is 2. The van der Waals surface area contributed by atoms with Gasteiger partial charge in [0.15, 0.2) is 0 Å². The summed E-state index contributed by atoms with van der Waals surface area (Å²) in [5.74, 6) is 0.538. The lowest BCUT2D eigenvalue weighted by Crippen LogP contribution is -2.46. The first-order valence-corrected chi connectivity index (χ1v) is 8.92. The molecular formula is C18H34N2O3. The summed E-state index contributed by atoms with van der Waals surface area (Å²) in [7, 11) is 0. The zero-order valence-electron chi connectivity index (χ0n) is 15.2. The second kappa shape index (κ2) is 8.67. The summed E-state index contributed by atoms with van der Waals surface area (Å²) in [5.41, 5.74) is -0.485. The summed E-state index contributed by atoms with van der Waals surface area (Å²) >= 11 is 0. The van der Waals surface area contributed by atoms with Crippen molar-refractivity contribution in [2.75, 3.05) is 13.1 Å². The van der Waals surface area contributed by atoms with E-state index in [1.54, 1.807) is 0 Å². The van der Waals surface area contributed by atoms with Gasteiger partial charge in [0.1, 0.15) is 0 Å². The van der Waals surface area contributed by atoms with Crippen LogP contribution < -0.4 is 10.6 Å². The van der Waals surface area contributed by atoms with E-state index in [1.807, 2.05) is 6.92 Å². The molecule has 2 amide bonds. The van der Waals surface area contributed by atoms with Crippen molar-refractivity contribution >= 4 is 11.8 Å². The van der Waals surface area contributed by atoms with E-state index in [4.69, 9.17) is 0 Å². The van der Waals surface area contributed by atoms with Crippen molar-refractivity contribution in [3.63, 3.8) is 0 Å². The van der Waals surface area contributed by atoms with E-state index >= 15 is 0 Å². The molecule has 0 spiro atoms. The number of hydrogen-bond acceptors (Lipinski definition) is 3. The van der Waals surface area contributed by atoms with Crippen molar-refractivity contribution in [1.82, 2.24) is 10.6 Å². The van der Waals surface area contributed by atoms with Gasteiger partial charge in [0.2, 0.25) is 11.8 Å². The third-order valence-corrected chi connectivity index (χ3v) is 4.94. The van der Waals surface area contributed by atoms with Crippen LogP contribution in [0.2, 0.25) is 0 Å². The lowest BCUT2D eigenvalue weighted by atomic mass is 9.68. The van der Waals surface area contributed by atoms with Gasteiger partial charge in [-0.15, -0.1) is 0 Å². The molecule has 5 nitrogen and oxygen atoms in total. The molecule has 0 aromatic heterocycles. The second-order valence-electron chi connectivity index (χ2n) is 7.95. The van der Waals surface area contributed by atoms with Gasteiger partial charge in [0, 0.05) is 25.9 Å². The van der Waals surface area contributed by atoms with Crippen LogP contribution in [0.1, 0.15) is 72.6 Å². The quantitative estimate of drug-likeness (QED) is 0.672. The van der Waals surface area contributed by atoms with Gasteiger partial charge in [-0.05, 0) is 50.4 Å². The normalized spacial score (nSPS) is 25.0. The molecule has 1 rings (SSSR count). The lowest BCUT2D eigenvalue weighted by molar-refractivity contribution is -0.123. The molecule has 0 aromatic carbocycles. The van der Waals surface area contributed by atoms with Crippen LogP contribution in [0.25, 0.3) is 0 Å². The third kappa shape index (κ3) is 7.34. The Kier molecular flexibility index (Phi) is 7.52. The van der Waals surface area contributed by atoms with Crippen LogP contribution in [0, 0.1) is 11.3 Å². The van der Waals surface area contributed by atoms with Crippen LogP contribution in [0.3, 0.4) is 0 Å². The maximum absolute atomic E-state index is 11.8. The van der Waals surface area contributed by atoms with E-state index in [0.29, 0.717) is 38.3 Å². The van der Waals surface area contributed by atoms with Gasteiger partial charge in [0.25, 0.3) is 0 Å². The van der Waals surface area contributed by atoms with E-state index in [0.717, 1.165) is 25.7 Å². The van der Waals surface area contributed by atoms with Crippen LogP contribution in [0.15, 0.2) is 0 Å². The molecule has 23 heavy (non-hydrogen) atoms. The fraction of sp³-hybridized carbons (Fsp3) is 0.889. The summed E-state index contributed by atoms with van der Waals surface area (Å²) < 4.78 is 0. The zero-order valence-corrected chi connectivity index (χ0v) is 15.2. The van der Waals surface area contributed by atoms with Crippen molar-refractivity contribution in [3.8, 4) is 0 Å². The van der Waals surface area contributed by atoms with Gasteiger partial charge in [-0.25, -0.2) is 0 Å². The molecule has 0 saturated heterocycles. The first kappa shape index (κ1) is 19.9. The van der Waals surface area contributed by atoms with E-state index in [9.17, 15) is 14.7 Å². The van der Waals surface area contributed by atoms with E-state index in [2.05, 4.69) is 31.4 Å². The fourth-order valence-electron chi connectivity index (χ4n) is 3.24. The summed E-state index contributed by atoms with van der Waals surface area (Å²) in [6.07, 6.45) is 4.75. The van der Waals surface area contributed by atoms with Gasteiger partial charge in [0.05, 0.1) is 5.60 Å². The van der Waals surface area contributed by atoms with Gasteiger partial charge >= 0.3 is 0 Å². The Hall–Kier alpha value is -1.10. The van der Waals surface area contributed by atoms with Gasteiger partial charge < -0.3 is 15.7 Å². The van der Waals surface area contributed by atoms with Crippen LogP contribution in [0.4, 0.5) is 0 Å². The summed E-state index contributed by atoms with van der Waals surface area (Å²) in [6, 6.07) is 0. The number of nitrogens with one attached hydrogen (secondary N) is 2. The van der Waals surface area contributed by atoms with E-state index in [1.165, 1.54) is 0 Å². The second-order valence-corrected chi connectivity index (χ2v) is 7.95. The monoisotopic (exact) mass is 326 g/mol. The Labute approximate surface area is 140 Å². The molecule has 0 radical (unpaired) electrons. The predicted octanol–water partition coefficient (Wildman–Crippen LogP) is 2.38. The molecule has 1 aliphatic rings. The van der Waals surface area contributed by atoms with Crippen molar-refractivity contribution in [1.29, 1.82) is 0 Å². The molecule has 0 atom stereocenters. The van der Waals surface area contributed by atoms with Gasteiger partial charge in [-0.3, -0.25) is 9.59 Å². The fourth-order valence-corrected chi connectivity index (χ4v) is 3.24. The summed E-state index contributed by atoms with van der Waals surface area (Å²) in [5, 5.41) is 16.2. The SMILES string of the molecule is CCNC(=O)CCCC(=O)NCC1(O)CCC(C(C)(C)C)CC1. The molecule has 134 valence electrons. The molecule has 5 heteroatoms. The Bertz CT molecular complexity index is 394. The Morgan fingerprint density at radius 2 is 1.61 bits per heavy atom. The predicted molar refractivity (Wildman–Crippen MR) is 91.9 cm³/mol. The third-order valence-electron chi connectivity index (χ3n) is 4.94. The molecule has 0 heterocycles. The Balaban J connectivity index is 2.24. The van der Waals surface area contributed by atoms with Crippen molar-refractivity contribution in [2.24, 2.45) is 11.3 Å². The van der Waals surface area contributed by atoms with Crippen molar-refractivity contribution in [2.45, 2.75) is 78.2 Å². The first-order valence-electron chi connectivity index (χ1n) is 8.92. The highest BCUT2D eigenvalue weighted by Crippen LogP contribution is 2.41. The van der Waals surface area contributed by atoms with E-state index in [-0.39, 0.29) is 17.2 Å². The first-order chi connectivity index (χ1) is 10.7. The molecule has 1 fully saturated rings. The molecule has 0 bridgehead atoms. The van der Waals surface area contributed by atoms with Crippen molar-refractivity contribution < 1.29 is 14.7 Å². The van der Waals surface area contributed by atoms with Crippen LogP contribution >= 0.6 is 0 Å². The number of aliphatic hydroxyl groups is 1. The van der Waals surface area contributed by atoms with Crippen molar-refractivity contribution in [3.05, 3.63) is 0 Å². The van der Waals surface area contributed by atoms with Crippen LogP contribution in [-0.2, 0) is 9.59 Å². The molecular weight excluding hydrogens is 292 g/mol.